The highest BCUT2D eigenvalue weighted by atomic mass is 19.1. The van der Waals surface area contributed by atoms with Gasteiger partial charge < -0.3 is 15.0 Å². The van der Waals surface area contributed by atoms with Crippen molar-refractivity contribution in [1.29, 1.82) is 0 Å². The number of aromatic nitrogens is 1. The number of ether oxygens (including phenoxy) is 1. The average molecular weight is 450 g/mol. The van der Waals surface area contributed by atoms with Crippen LogP contribution in [0.4, 0.5) is 4.39 Å². The molecule has 0 spiro atoms. The molecular formula is C26H28FN3O3. The van der Waals surface area contributed by atoms with E-state index in [4.69, 9.17) is 4.74 Å². The van der Waals surface area contributed by atoms with E-state index in [-0.39, 0.29) is 11.8 Å². The molecular weight excluding hydrogens is 421 g/mol. The first-order valence-corrected chi connectivity index (χ1v) is 11.1. The topological polar surface area (TPSA) is 71.5 Å². The maximum atomic E-state index is 13.4. The summed E-state index contributed by atoms with van der Waals surface area (Å²) < 4.78 is 19.0. The normalized spacial score (nSPS) is 16.9. The van der Waals surface area contributed by atoms with Crippen LogP contribution in [-0.4, -0.2) is 53.5 Å². The van der Waals surface area contributed by atoms with Crippen molar-refractivity contribution in [2.75, 3.05) is 26.3 Å². The van der Waals surface area contributed by atoms with E-state index in [2.05, 4.69) is 28.5 Å². The summed E-state index contributed by atoms with van der Waals surface area (Å²) in [6.07, 6.45) is 4.41. The Morgan fingerprint density at radius 2 is 1.94 bits per heavy atom. The Morgan fingerprint density at radius 3 is 2.73 bits per heavy atom. The fraction of sp³-hybridized carbons (Fsp3) is 0.346. The number of amides is 2. The predicted octanol–water partition coefficient (Wildman–Crippen LogP) is 3.60. The first-order valence-electron chi connectivity index (χ1n) is 11.1. The standard InChI is InChI=1S/C26H28FN3O3/c1-26(2,29-24(31)21-5-7-23(27)8-6-21)25(32)30-11-12-33-17-19(16-30)13-18-3-4-20-9-10-28-15-22(20)14-18/h3-10,14-15,19H,11-13,16-17H2,1-2H3,(H,29,31)/t19-/m0/s1. The summed E-state index contributed by atoms with van der Waals surface area (Å²) in [5.74, 6) is -0.869. The molecule has 0 saturated carbocycles. The van der Waals surface area contributed by atoms with Crippen molar-refractivity contribution >= 4 is 22.6 Å². The van der Waals surface area contributed by atoms with Crippen LogP contribution in [0.15, 0.2) is 60.9 Å². The molecule has 6 nitrogen and oxygen atoms in total. The summed E-state index contributed by atoms with van der Waals surface area (Å²) in [5.41, 5.74) is 0.358. The highest BCUT2D eigenvalue weighted by molar-refractivity contribution is 5.98. The number of nitrogens with zero attached hydrogens (tertiary/aromatic N) is 2. The lowest BCUT2D eigenvalue weighted by Gasteiger charge is -2.33. The van der Waals surface area contributed by atoms with Gasteiger partial charge >= 0.3 is 0 Å². The van der Waals surface area contributed by atoms with E-state index in [1.165, 1.54) is 29.8 Å². The van der Waals surface area contributed by atoms with Gasteiger partial charge in [0.15, 0.2) is 0 Å². The smallest absolute Gasteiger partial charge is 0.252 e. The minimum Gasteiger partial charge on any atom is -0.379 e. The Morgan fingerprint density at radius 1 is 1.15 bits per heavy atom. The molecule has 1 aliphatic heterocycles. The fourth-order valence-electron chi connectivity index (χ4n) is 4.19. The predicted molar refractivity (Wildman–Crippen MR) is 124 cm³/mol. The molecule has 0 bridgehead atoms. The van der Waals surface area contributed by atoms with Crippen molar-refractivity contribution in [3.63, 3.8) is 0 Å². The lowest BCUT2D eigenvalue weighted by Crippen LogP contribution is -2.56. The van der Waals surface area contributed by atoms with Crippen LogP contribution < -0.4 is 5.32 Å². The monoisotopic (exact) mass is 449 g/mol. The van der Waals surface area contributed by atoms with Gasteiger partial charge in [0.2, 0.25) is 5.91 Å². The van der Waals surface area contributed by atoms with E-state index in [1.807, 2.05) is 12.3 Å². The van der Waals surface area contributed by atoms with Gasteiger partial charge in [0.1, 0.15) is 11.4 Å². The molecule has 1 N–H and O–H groups in total. The van der Waals surface area contributed by atoms with Gasteiger partial charge in [-0.3, -0.25) is 14.6 Å². The molecule has 1 aliphatic rings. The SMILES string of the molecule is CC(C)(NC(=O)c1ccc(F)cc1)C(=O)N1CCOC[C@@H](Cc2ccc3ccncc3c2)C1. The molecule has 33 heavy (non-hydrogen) atoms. The zero-order valence-electron chi connectivity index (χ0n) is 18.9. The van der Waals surface area contributed by atoms with E-state index in [9.17, 15) is 14.0 Å². The number of carbonyl (C=O) groups is 2. The Labute approximate surface area is 192 Å². The molecule has 1 fully saturated rings. The molecule has 2 amide bonds. The van der Waals surface area contributed by atoms with Gasteiger partial charge in [0.05, 0.1) is 13.2 Å². The molecule has 2 aromatic carbocycles. The lowest BCUT2D eigenvalue weighted by molar-refractivity contribution is -0.137. The van der Waals surface area contributed by atoms with E-state index in [1.54, 1.807) is 24.9 Å². The maximum absolute atomic E-state index is 13.4. The van der Waals surface area contributed by atoms with Gasteiger partial charge in [-0.2, -0.15) is 0 Å². The van der Waals surface area contributed by atoms with Crippen molar-refractivity contribution < 1.29 is 18.7 Å². The van der Waals surface area contributed by atoms with Gasteiger partial charge in [0.25, 0.3) is 5.91 Å². The molecule has 4 rings (SSSR count). The highest BCUT2D eigenvalue weighted by Crippen LogP contribution is 2.21. The minimum absolute atomic E-state index is 0.133. The zero-order chi connectivity index (χ0) is 23.4. The Hall–Kier alpha value is -3.32. The number of nitrogens with one attached hydrogen (secondary N) is 1. The first kappa shape index (κ1) is 22.9. The van der Waals surface area contributed by atoms with E-state index in [0.29, 0.717) is 31.9 Å². The number of benzene rings is 2. The molecule has 172 valence electrons. The van der Waals surface area contributed by atoms with Gasteiger partial charge in [0, 0.05) is 42.4 Å². The quantitative estimate of drug-likeness (QED) is 0.646. The molecule has 1 atom stereocenters. The number of fused-ring (bicyclic) bond motifs is 1. The van der Waals surface area contributed by atoms with Crippen LogP contribution in [0, 0.1) is 11.7 Å². The summed E-state index contributed by atoms with van der Waals surface area (Å²) in [4.78, 5) is 31.9. The Balaban J connectivity index is 1.43. The number of carbonyl (C=O) groups excluding carboxylic acids is 2. The third-order valence-corrected chi connectivity index (χ3v) is 5.92. The van der Waals surface area contributed by atoms with Gasteiger partial charge in [-0.25, -0.2) is 4.39 Å². The number of hydrogen-bond donors (Lipinski definition) is 1. The molecule has 3 aromatic rings. The number of rotatable bonds is 5. The molecule has 0 aliphatic carbocycles. The van der Waals surface area contributed by atoms with Gasteiger partial charge in [-0.05, 0) is 67.6 Å². The van der Waals surface area contributed by atoms with Crippen molar-refractivity contribution in [3.8, 4) is 0 Å². The summed E-state index contributed by atoms with van der Waals surface area (Å²) in [5, 5.41) is 5.02. The second-order valence-corrected chi connectivity index (χ2v) is 9.04. The van der Waals surface area contributed by atoms with Crippen LogP contribution in [0.3, 0.4) is 0 Å². The molecule has 0 radical (unpaired) electrons. The summed E-state index contributed by atoms with van der Waals surface area (Å²) in [6, 6.07) is 13.6. The van der Waals surface area contributed by atoms with Crippen LogP contribution >= 0.6 is 0 Å². The van der Waals surface area contributed by atoms with Crippen molar-refractivity contribution in [2.45, 2.75) is 25.8 Å². The third-order valence-electron chi connectivity index (χ3n) is 5.92. The lowest BCUT2D eigenvalue weighted by atomic mass is 9.96. The van der Waals surface area contributed by atoms with Gasteiger partial charge in [-0.15, -0.1) is 0 Å². The summed E-state index contributed by atoms with van der Waals surface area (Å²) in [7, 11) is 0. The van der Waals surface area contributed by atoms with E-state index < -0.39 is 17.3 Å². The molecule has 2 heterocycles. The molecule has 1 saturated heterocycles. The largest absolute Gasteiger partial charge is 0.379 e. The van der Waals surface area contributed by atoms with E-state index >= 15 is 0 Å². The number of pyridine rings is 1. The number of hydrogen-bond acceptors (Lipinski definition) is 4. The minimum atomic E-state index is -1.12. The summed E-state index contributed by atoms with van der Waals surface area (Å²) >= 11 is 0. The number of halogens is 1. The average Bonchev–Trinajstić information content (AvgIpc) is 3.04. The second kappa shape index (κ2) is 9.67. The highest BCUT2D eigenvalue weighted by Gasteiger charge is 2.35. The first-order chi connectivity index (χ1) is 15.8. The van der Waals surface area contributed by atoms with Crippen molar-refractivity contribution in [1.82, 2.24) is 15.2 Å². The third kappa shape index (κ3) is 5.54. The van der Waals surface area contributed by atoms with Crippen LogP contribution in [0.5, 0.6) is 0 Å². The molecule has 0 unspecified atom stereocenters. The van der Waals surface area contributed by atoms with Crippen LogP contribution in [0.2, 0.25) is 0 Å². The fourth-order valence-corrected chi connectivity index (χ4v) is 4.19. The van der Waals surface area contributed by atoms with Crippen LogP contribution in [0.1, 0.15) is 29.8 Å². The Kier molecular flexibility index (Phi) is 6.70. The second-order valence-electron chi connectivity index (χ2n) is 9.04. The van der Waals surface area contributed by atoms with Crippen molar-refractivity contribution in [3.05, 3.63) is 77.9 Å². The van der Waals surface area contributed by atoms with Gasteiger partial charge in [-0.1, -0.05) is 12.1 Å². The van der Waals surface area contributed by atoms with Crippen LogP contribution in [-0.2, 0) is 16.0 Å². The zero-order valence-corrected chi connectivity index (χ0v) is 18.9. The van der Waals surface area contributed by atoms with Crippen molar-refractivity contribution in [2.24, 2.45) is 5.92 Å². The molecule has 1 aromatic heterocycles. The summed E-state index contributed by atoms with van der Waals surface area (Å²) in [6.45, 7) is 5.40. The van der Waals surface area contributed by atoms with Crippen LogP contribution in [0.25, 0.3) is 10.8 Å². The van der Waals surface area contributed by atoms with E-state index in [0.717, 1.165) is 17.2 Å². The Bertz CT molecular complexity index is 1150. The maximum Gasteiger partial charge on any atom is 0.252 e. The molecule has 7 heteroatoms.